The molecule has 0 aromatic carbocycles. The summed E-state index contributed by atoms with van der Waals surface area (Å²) in [5.41, 5.74) is 0. The molecule has 1 aliphatic heterocycles. The van der Waals surface area contributed by atoms with Crippen LogP contribution in [0.2, 0.25) is 0 Å². The lowest BCUT2D eigenvalue weighted by atomic mass is 10.4. The molecule has 0 radical (unpaired) electrons. The zero-order valence-electron chi connectivity index (χ0n) is 5.71. The maximum absolute atomic E-state index is 8.49. The van der Waals surface area contributed by atoms with E-state index in [1.807, 2.05) is 7.05 Å². The van der Waals surface area contributed by atoms with Crippen molar-refractivity contribution in [3.63, 3.8) is 0 Å². The summed E-state index contributed by atoms with van der Waals surface area (Å²) in [7, 11) is 1.98. The summed E-state index contributed by atoms with van der Waals surface area (Å²) in [6.07, 6.45) is 0.446. The van der Waals surface area contributed by atoms with E-state index in [0.717, 1.165) is 19.7 Å². The molecule has 0 bridgehead atoms. The first-order valence-electron chi connectivity index (χ1n) is 3.24. The number of epoxide rings is 1. The summed E-state index contributed by atoms with van der Waals surface area (Å²) < 4.78 is 5.00. The number of rotatable bonds is 4. The Morgan fingerprint density at radius 1 is 1.78 bits per heavy atom. The number of nitrogens with zero attached hydrogens (tertiary/aromatic N) is 1. The lowest BCUT2D eigenvalue weighted by molar-refractivity contribution is 0.209. The summed E-state index contributed by atoms with van der Waals surface area (Å²) in [4.78, 5) is 2.07. The highest BCUT2D eigenvalue weighted by molar-refractivity contribution is 4.72. The SMILES string of the molecule is CN(CCO)C[C@@H]1CO1. The van der Waals surface area contributed by atoms with Gasteiger partial charge in [0.2, 0.25) is 0 Å². The minimum absolute atomic E-state index is 0.239. The van der Waals surface area contributed by atoms with Gasteiger partial charge in [-0.2, -0.15) is 0 Å². The lowest BCUT2D eigenvalue weighted by Crippen LogP contribution is -2.26. The average molecular weight is 131 g/mol. The van der Waals surface area contributed by atoms with Crippen LogP contribution >= 0.6 is 0 Å². The number of likely N-dealkylation sites (N-methyl/N-ethyl adjacent to an activating group) is 1. The van der Waals surface area contributed by atoms with Gasteiger partial charge in [-0.25, -0.2) is 0 Å². The largest absolute Gasteiger partial charge is 0.395 e. The van der Waals surface area contributed by atoms with Crippen LogP contribution < -0.4 is 0 Å². The fraction of sp³-hybridized carbons (Fsp3) is 1.00. The molecule has 0 amide bonds. The van der Waals surface area contributed by atoms with Gasteiger partial charge >= 0.3 is 0 Å². The summed E-state index contributed by atoms with van der Waals surface area (Å²) in [5.74, 6) is 0. The van der Waals surface area contributed by atoms with Gasteiger partial charge in [0.15, 0.2) is 0 Å². The fourth-order valence-electron chi connectivity index (χ4n) is 0.783. The molecular formula is C6H13NO2. The topological polar surface area (TPSA) is 36.0 Å². The van der Waals surface area contributed by atoms with E-state index in [1.54, 1.807) is 0 Å². The minimum Gasteiger partial charge on any atom is -0.395 e. The van der Waals surface area contributed by atoms with E-state index in [1.165, 1.54) is 0 Å². The second kappa shape index (κ2) is 3.15. The molecular weight excluding hydrogens is 118 g/mol. The van der Waals surface area contributed by atoms with E-state index < -0.39 is 0 Å². The third kappa shape index (κ3) is 2.79. The van der Waals surface area contributed by atoms with Crippen LogP contribution in [0.1, 0.15) is 0 Å². The molecule has 54 valence electrons. The van der Waals surface area contributed by atoms with Crippen molar-refractivity contribution in [2.24, 2.45) is 0 Å². The molecule has 0 spiro atoms. The maximum atomic E-state index is 8.49. The van der Waals surface area contributed by atoms with E-state index in [4.69, 9.17) is 9.84 Å². The van der Waals surface area contributed by atoms with Crippen LogP contribution in [0.25, 0.3) is 0 Å². The standard InChI is InChI=1S/C6H13NO2/c1-7(2-3-8)4-6-5-9-6/h6,8H,2-5H2,1H3/t6-/m1/s1. The fourth-order valence-corrected chi connectivity index (χ4v) is 0.783. The van der Waals surface area contributed by atoms with Crippen LogP contribution in [-0.2, 0) is 4.74 Å². The first-order chi connectivity index (χ1) is 4.33. The zero-order valence-corrected chi connectivity index (χ0v) is 5.71. The lowest BCUT2D eigenvalue weighted by Gasteiger charge is -2.11. The number of hydrogen-bond donors (Lipinski definition) is 1. The van der Waals surface area contributed by atoms with Crippen molar-refractivity contribution in [2.45, 2.75) is 6.10 Å². The average Bonchev–Trinajstić information content (AvgIpc) is 2.50. The van der Waals surface area contributed by atoms with Gasteiger partial charge in [0.05, 0.1) is 19.3 Å². The van der Waals surface area contributed by atoms with Crippen LogP contribution in [0.3, 0.4) is 0 Å². The highest BCUT2D eigenvalue weighted by Crippen LogP contribution is 2.08. The Hall–Kier alpha value is -0.120. The third-order valence-corrected chi connectivity index (χ3v) is 1.40. The number of hydrogen-bond acceptors (Lipinski definition) is 3. The predicted octanol–water partition coefficient (Wildman–Crippen LogP) is -0.691. The van der Waals surface area contributed by atoms with Crippen molar-refractivity contribution in [3.8, 4) is 0 Å². The van der Waals surface area contributed by atoms with Crippen molar-refractivity contribution in [1.82, 2.24) is 4.90 Å². The normalized spacial score (nSPS) is 25.0. The Balaban J connectivity index is 1.95. The van der Waals surface area contributed by atoms with Gasteiger partial charge in [-0.05, 0) is 7.05 Å². The van der Waals surface area contributed by atoms with E-state index in [0.29, 0.717) is 6.10 Å². The van der Waals surface area contributed by atoms with Crippen LogP contribution in [0.4, 0.5) is 0 Å². The molecule has 1 atom stereocenters. The van der Waals surface area contributed by atoms with Crippen LogP contribution in [0, 0.1) is 0 Å². The van der Waals surface area contributed by atoms with Crippen molar-refractivity contribution in [1.29, 1.82) is 0 Å². The second-order valence-corrected chi connectivity index (χ2v) is 2.44. The van der Waals surface area contributed by atoms with Gasteiger partial charge in [-0.3, -0.25) is 0 Å². The van der Waals surface area contributed by atoms with E-state index in [2.05, 4.69) is 4.90 Å². The minimum atomic E-state index is 0.239. The third-order valence-electron chi connectivity index (χ3n) is 1.40. The molecule has 1 aliphatic rings. The van der Waals surface area contributed by atoms with Crippen LogP contribution in [0.15, 0.2) is 0 Å². The van der Waals surface area contributed by atoms with Gasteiger partial charge in [0, 0.05) is 13.1 Å². The zero-order chi connectivity index (χ0) is 6.69. The Labute approximate surface area is 55.2 Å². The quantitative estimate of drug-likeness (QED) is 0.513. The van der Waals surface area contributed by atoms with E-state index in [9.17, 15) is 0 Å². The monoisotopic (exact) mass is 131 g/mol. The summed E-state index contributed by atoms with van der Waals surface area (Å²) in [6, 6.07) is 0. The summed E-state index contributed by atoms with van der Waals surface area (Å²) in [5, 5.41) is 8.49. The van der Waals surface area contributed by atoms with Crippen molar-refractivity contribution in [2.75, 3.05) is 33.4 Å². The summed E-state index contributed by atoms with van der Waals surface area (Å²) in [6.45, 7) is 2.85. The molecule has 3 nitrogen and oxygen atoms in total. The molecule has 1 heterocycles. The molecule has 1 rings (SSSR count). The molecule has 0 aromatic heterocycles. The molecule has 0 saturated carbocycles. The molecule has 1 fully saturated rings. The molecule has 1 saturated heterocycles. The Morgan fingerprint density at radius 2 is 2.44 bits per heavy atom. The molecule has 0 aromatic rings. The maximum Gasteiger partial charge on any atom is 0.0936 e. The summed E-state index contributed by atoms with van der Waals surface area (Å²) >= 11 is 0. The first-order valence-corrected chi connectivity index (χ1v) is 3.24. The predicted molar refractivity (Wildman–Crippen MR) is 34.3 cm³/mol. The Bertz CT molecular complexity index is 83.1. The van der Waals surface area contributed by atoms with Crippen LogP contribution in [0.5, 0.6) is 0 Å². The van der Waals surface area contributed by atoms with Crippen molar-refractivity contribution < 1.29 is 9.84 Å². The molecule has 3 heteroatoms. The van der Waals surface area contributed by atoms with Crippen LogP contribution in [-0.4, -0.2) is 49.5 Å². The van der Waals surface area contributed by atoms with Gasteiger partial charge in [0.1, 0.15) is 0 Å². The first kappa shape index (κ1) is 6.99. The molecule has 9 heavy (non-hydrogen) atoms. The van der Waals surface area contributed by atoms with E-state index in [-0.39, 0.29) is 6.61 Å². The van der Waals surface area contributed by atoms with E-state index >= 15 is 0 Å². The number of aliphatic hydroxyl groups is 1. The highest BCUT2D eigenvalue weighted by Gasteiger charge is 2.23. The second-order valence-electron chi connectivity index (χ2n) is 2.44. The van der Waals surface area contributed by atoms with Gasteiger partial charge in [-0.15, -0.1) is 0 Å². The molecule has 0 aliphatic carbocycles. The van der Waals surface area contributed by atoms with Gasteiger partial charge in [0.25, 0.3) is 0 Å². The van der Waals surface area contributed by atoms with Crippen molar-refractivity contribution in [3.05, 3.63) is 0 Å². The van der Waals surface area contributed by atoms with Gasteiger partial charge in [-0.1, -0.05) is 0 Å². The molecule has 0 unspecified atom stereocenters. The number of ether oxygens (including phenoxy) is 1. The Morgan fingerprint density at radius 3 is 2.89 bits per heavy atom. The Kier molecular flexibility index (Phi) is 2.45. The van der Waals surface area contributed by atoms with Crippen molar-refractivity contribution >= 4 is 0 Å². The number of aliphatic hydroxyl groups excluding tert-OH is 1. The smallest absolute Gasteiger partial charge is 0.0936 e. The highest BCUT2D eigenvalue weighted by atomic mass is 16.6. The van der Waals surface area contributed by atoms with Gasteiger partial charge < -0.3 is 14.7 Å². The molecule has 1 N–H and O–H groups in total.